The highest BCUT2D eigenvalue weighted by atomic mass is 35.5. The Morgan fingerprint density at radius 3 is 2.58 bits per heavy atom. The molecule has 0 spiro atoms. The van der Waals surface area contributed by atoms with Crippen molar-refractivity contribution in [1.82, 2.24) is 10.0 Å². The second kappa shape index (κ2) is 5.79. The van der Waals surface area contributed by atoms with E-state index < -0.39 is 10.0 Å². The Kier molecular flexibility index (Phi) is 4.50. The maximum absolute atomic E-state index is 12.2. The van der Waals surface area contributed by atoms with Crippen molar-refractivity contribution < 1.29 is 8.42 Å². The second-order valence-electron chi connectivity index (χ2n) is 5.18. The van der Waals surface area contributed by atoms with E-state index in [1.165, 1.54) is 6.07 Å². The lowest BCUT2D eigenvalue weighted by Gasteiger charge is -2.32. The van der Waals surface area contributed by atoms with Crippen LogP contribution in [0.15, 0.2) is 23.1 Å². The highest BCUT2D eigenvalue weighted by molar-refractivity contribution is 7.89. The smallest absolute Gasteiger partial charge is 0.240 e. The molecule has 0 atom stereocenters. The van der Waals surface area contributed by atoms with Gasteiger partial charge in [0.1, 0.15) is 0 Å². The Hall–Kier alpha value is -0.620. The summed E-state index contributed by atoms with van der Waals surface area (Å²) in [7, 11) is -1.63. The van der Waals surface area contributed by atoms with Crippen molar-refractivity contribution in [2.75, 3.05) is 7.05 Å². The number of nitrogens with one attached hydrogen (secondary N) is 2. The summed E-state index contributed by atoms with van der Waals surface area (Å²) < 4.78 is 27.1. The molecular formula is C13H19ClN2O2S. The van der Waals surface area contributed by atoms with Crippen LogP contribution < -0.4 is 10.0 Å². The van der Waals surface area contributed by atoms with Crippen LogP contribution in [0, 0.1) is 5.92 Å². The van der Waals surface area contributed by atoms with Crippen LogP contribution in [0.3, 0.4) is 0 Å². The topological polar surface area (TPSA) is 58.2 Å². The van der Waals surface area contributed by atoms with E-state index in [0.717, 1.165) is 18.4 Å². The van der Waals surface area contributed by atoms with Crippen molar-refractivity contribution in [2.24, 2.45) is 5.92 Å². The molecule has 0 aromatic heterocycles. The molecule has 0 unspecified atom stereocenters. The van der Waals surface area contributed by atoms with Crippen molar-refractivity contribution in [3.05, 3.63) is 28.8 Å². The summed E-state index contributed by atoms with van der Waals surface area (Å²) in [6.07, 6.45) is 1.82. The van der Waals surface area contributed by atoms with Crippen LogP contribution in [-0.4, -0.2) is 21.5 Å². The van der Waals surface area contributed by atoms with Gasteiger partial charge in [-0.2, -0.15) is 0 Å². The summed E-state index contributed by atoms with van der Waals surface area (Å²) >= 11 is 6.09. The standard InChI is InChI=1S/C13H19ClN2O2S/c1-9-5-11(6-9)16-19(17,18)12-4-3-10(8-15-2)13(14)7-12/h3-4,7,9,11,15-16H,5-6,8H2,1-2H3. The quantitative estimate of drug-likeness (QED) is 0.876. The lowest BCUT2D eigenvalue weighted by molar-refractivity contribution is 0.270. The van der Waals surface area contributed by atoms with Gasteiger partial charge in [-0.15, -0.1) is 0 Å². The normalized spacial score (nSPS) is 23.1. The van der Waals surface area contributed by atoms with Gasteiger partial charge in [0.15, 0.2) is 0 Å². The molecule has 1 aromatic carbocycles. The van der Waals surface area contributed by atoms with E-state index in [0.29, 0.717) is 17.5 Å². The molecule has 0 heterocycles. The molecule has 1 aliphatic rings. The lowest BCUT2D eigenvalue weighted by atomic mass is 9.83. The minimum Gasteiger partial charge on any atom is -0.316 e. The number of rotatable bonds is 5. The zero-order chi connectivity index (χ0) is 14.0. The molecule has 1 fully saturated rings. The maximum atomic E-state index is 12.2. The number of benzene rings is 1. The average molecular weight is 303 g/mol. The molecule has 2 N–H and O–H groups in total. The fourth-order valence-electron chi connectivity index (χ4n) is 2.32. The summed E-state index contributed by atoms with van der Waals surface area (Å²) in [5.74, 6) is 0.606. The van der Waals surface area contributed by atoms with Gasteiger partial charge in [-0.25, -0.2) is 13.1 Å². The lowest BCUT2D eigenvalue weighted by Crippen LogP contribution is -2.43. The number of sulfonamides is 1. The molecule has 0 aliphatic heterocycles. The SMILES string of the molecule is CNCc1ccc(S(=O)(=O)NC2CC(C)C2)cc1Cl. The number of hydrogen-bond donors (Lipinski definition) is 2. The van der Waals surface area contributed by atoms with Crippen molar-refractivity contribution >= 4 is 21.6 Å². The molecule has 0 radical (unpaired) electrons. The maximum Gasteiger partial charge on any atom is 0.240 e. The zero-order valence-corrected chi connectivity index (χ0v) is 12.7. The van der Waals surface area contributed by atoms with Crippen LogP contribution in [-0.2, 0) is 16.6 Å². The molecule has 1 saturated carbocycles. The Morgan fingerprint density at radius 1 is 1.37 bits per heavy atom. The van der Waals surface area contributed by atoms with E-state index in [2.05, 4.69) is 17.0 Å². The summed E-state index contributed by atoms with van der Waals surface area (Å²) in [6.45, 7) is 2.74. The van der Waals surface area contributed by atoms with Crippen LogP contribution in [0.25, 0.3) is 0 Å². The molecule has 1 aromatic rings. The van der Waals surface area contributed by atoms with Gasteiger partial charge in [-0.1, -0.05) is 24.6 Å². The van der Waals surface area contributed by atoms with Gasteiger partial charge in [0.05, 0.1) is 4.90 Å². The second-order valence-corrected chi connectivity index (χ2v) is 7.30. The summed E-state index contributed by atoms with van der Waals surface area (Å²) in [6, 6.07) is 4.93. The van der Waals surface area contributed by atoms with Crippen molar-refractivity contribution in [2.45, 2.75) is 37.2 Å². The molecule has 19 heavy (non-hydrogen) atoms. The monoisotopic (exact) mass is 302 g/mol. The molecule has 106 valence electrons. The third kappa shape index (κ3) is 3.48. The Labute approximate surface area is 119 Å². The molecule has 6 heteroatoms. The van der Waals surface area contributed by atoms with Gasteiger partial charge in [0, 0.05) is 17.6 Å². The summed E-state index contributed by atoms with van der Waals surface area (Å²) in [4.78, 5) is 0.233. The highest BCUT2D eigenvalue weighted by Gasteiger charge is 2.29. The van der Waals surface area contributed by atoms with Gasteiger partial charge >= 0.3 is 0 Å². The first-order chi connectivity index (χ1) is 8.92. The van der Waals surface area contributed by atoms with Crippen LogP contribution >= 0.6 is 11.6 Å². The highest BCUT2D eigenvalue weighted by Crippen LogP contribution is 2.28. The van der Waals surface area contributed by atoms with E-state index in [9.17, 15) is 8.42 Å². The van der Waals surface area contributed by atoms with E-state index in [1.807, 2.05) is 7.05 Å². The van der Waals surface area contributed by atoms with E-state index in [1.54, 1.807) is 12.1 Å². The Morgan fingerprint density at radius 2 is 2.05 bits per heavy atom. The molecular weight excluding hydrogens is 284 g/mol. The third-order valence-electron chi connectivity index (χ3n) is 3.40. The van der Waals surface area contributed by atoms with Gasteiger partial charge in [0.2, 0.25) is 10.0 Å². The van der Waals surface area contributed by atoms with Crippen molar-refractivity contribution in [3.63, 3.8) is 0 Å². The third-order valence-corrected chi connectivity index (χ3v) is 5.27. The van der Waals surface area contributed by atoms with Crippen LogP contribution in [0.4, 0.5) is 0 Å². The summed E-state index contributed by atoms with van der Waals surface area (Å²) in [5, 5.41) is 3.46. The minimum atomic E-state index is -3.45. The van der Waals surface area contributed by atoms with E-state index in [4.69, 9.17) is 11.6 Å². The minimum absolute atomic E-state index is 0.0655. The first kappa shape index (κ1) is 14.8. The molecule has 0 amide bonds. The van der Waals surface area contributed by atoms with Gasteiger partial charge < -0.3 is 5.32 Å². The first-order valence-corrected chi connectivity index (χ1v) is 8.24. The zero-order valence-electron chi connectivity index (χ0n) is 11.1. The van der Waals surface area contributed by atoms with Crippen LogP contribution in [0.2, 0.25) is 5.02 Å². The van der Waals surface area contributed by atoms with Gasteiger partial charge in [0.25, 0.3) is 0 Å². The Bertz CT molecular complexity index is 554. The predicted octanol–water partition coefficient (Wildman–Crippen LogP) is 2.14. The predicted molar refractivity (Wildman–Crippen MR) is 76.7 cm³/mol. The van der Waals surface area contributed by atoms with Crippen molar-refractivity contribution in [1.29, 1.82) is 0 Å². The van der Waals surface area contributed by atoms with Crippen molar-refractivity contribution in [3.8, 4) is 0 Å². The van der Waals surface area contributed by atoms with Gasteiger partial charge in [-0.05, 0) is 43.5 Å². The van der Waals surface area contributed by atoms with Crippen LogP contribution in [0.1, 0.15) is 25.3 Å². The molecule has 4 nitrogen and oxygen atoms in total. The molecule has 1 aliphatic carbocycles. The summed E-state index contributed by atoms with van der Waals surface area (Å²) in [5.41, 5.74) is 0.889. The number of halogens is 1. The largest absolute Gasteiger partial charge is 0.316 e. The van der Waals surface area contributed by atoms with E-state index in [-0.39, 0.29) is 10.9 Å². The first-order valence-electron chi connectivity index (χ1n) is 6.37. The van der Waals surface area contributed by atoms with Gasteiger partial charge in [-0.3, -0.25) is 0 Å². The molecule has 0 saturated heterocycles. The molecule has 2 rings (SSSR count). The average Bonchev–Trinajstić information content (AvgIpc) is 2.29. The fraction of sp³-hybridized carbons (Fsp3) is 0.538. The number of hydrogen-bond acceptors (Lipinski definition) is 3. The van der Waals surface area contributed by atoms with E-state index >= 15 is 0 Å². The van der Waals surface area contributed by atoms with Crippen LogP contribution in [0.5, 0.6) is 0 Å². The molecule has 0 bridgehead atoms. The Balaban J connectivity index is 2.14. The fourth-order valence-corrected chi connectivity index (χ4v) is 3.91.